The average molecular weight is 454 g/mol. The van der Waals surface area contributed by atoms with Crippen LogP contribution < -0.4 is 10.5 Å². The van der Waals surface area contributed by atoms with Gasteiger partial charge in [0.2, 0.25) is 0 Å². The summed E-state index contributed by atoms with van der Waals surface area (Å²) in [5, 5.41) is 19.0. The van der Waals surface area contributed by atoms with Crippen molar-refractivity contribution in [2.45, 2.75) is 6.04 Å². The Hall–Kier alpha value is -2.30. The predicted molar refractivity (Wildman–Crippen MR) is 110 cm³/mol. The Bertz CT molecular complexity index is 1180. The third-order valence-electron chi connectivity index (χ3n) is 4.00. The van der Waals surface area contributed by atoms with Crippen molar-refractivity contribution in [3.63, 3.8) is 0 Å². The highest BCUT2D eigenvalue weighted by molar-refractivity contribution is 7.18. The zero-order chi connectivity index (χ0) is 20.5. The van der Waals surface area contributed by atoms with Crippen LogP contribution in [-0.2, 0) is 0 Å². The Balaban J connectivity index is 1.62. The molecule has 3 heterocycles. The summed E-state index contributed by atoms with van der Waals surface area (Å²) >= 11 is 13.5. The van der Waals surface area contributed by atoms with E-state index < -0.39 is 11.9 Å². The van der Waals surface area contributed by atoms with Gasteiger partial charge in [-0.1, -0.05) is 34.5 Å². The molecule has 11 heteroatoms. The summed E-state index contributed by atoms with van der Waals surface area (Å²) in [4.78, 5) is 4.49. The second kappa shape index (κ2) is 8.21. The average Bonchev–Trinajstić information content (AvgIpc) is 3.34. The van der Waals surface area contributed by atoms with Crippen LogP contribution in [0.1, 0.15) is 0 Å². The smallest absolute Gasteiger partial charge is 0.168 e. The van der Waals surface area contributed by atoms with Crippen molar-refractivity contribution < 1.29 is 14.2 Å². The van der Waals surface area contributed by atoms with E-state index in [0.29, 0.717) is 31.9 Å². The number of nitrogens with two attached hydrogens (primary N) is 1. The normalized spacial score (nSPS) is 12.4. The number of imidazole rings is 1. The highest BCUT2D eigenvalue weighted by Gasteiger charge is 2.17. The minimum absolute atomic E-state index is 0.0377. The Labute approximate surface area is 178 Å². The van der Waals surface area contributed by atoms with Crippen LogP contribution in [0.2, 0.25) is 10.0 Å². The highest BCUT2D eigenvalue weighted by atomic mass is 35.5. The fourth-order valence-corrected chi connectivity index (χ4v) is 3.85. The van der Waals surface area contributed by atoms with Crippen LogP contribution in [-0.4, -0.2) is 43.9 Å². The monoisotopic (exact) mass is 453 g/mol. The number of hydrogen-bond donors (Lipinski definition) is 2. The fraction of sp³-hybridized carbons (Fsp3) is 0.167. The molecular weight excluding hydrogens is 440 g/mol. The molecule has 0 aliphatic carbocycles. The van der Waals surface area contributed by atoms with Gasteiger partial charge in [0.05, 0.1) is 22.7 Å². The third-order valence-corrected chi connectivity index (χ3v) is 5.51. The van der Waals surface area contributed by atoms with Crippen LogP contribution in [0.15, 0.2) is 36.7 Å². The van der Waals surface area contributed by atoms with Crippen molar-refractivity contribution in [2.75, 3.05) is 13.2 Å². The van der Waals surface area contributed by atoms with Gasteiger partial charge in [-0.2, -0.15) is 0 Å². The molecule has 7 nitrogen and oxygen atoms in total. The molecule has 4 rings (SSSR count). The molecule has 0 fully saturated rings. The molecule has 0 saturated carbocycles. The van der Waals surface area contributed by atoms with E-state index in [1.54, 1.807) is 28.9 Å². The van der Waals surface area contributed by atoms with Crippen molar-refractivity contribution in [3.8, 4) is 27.0 Å². The molecule has 4 aromatic rings. The molecule has 0 aliphatic rings. The van der Waals surface area contributed by atoms with E-state index in [9.17, 15) is 4.39 Å². The molecule has 150 valence electrons. The number of rotatable bonds is 6. The molecule has 0 radical (unpaired) electrons. The second-order valence-electron chi connectivity index (χ2n) is 6.17. The van der Waals surface area contributed by atoms with Gasteiger partial charge >= 0.3 is 0 Å². The lowest BCUT2D eigenvalue weighted by Gasteiger charge is -2.12. The number of nitrogens with zero attached hydrogens (tertiary/aromatic N) is 4. The van der Waals surface area contributed by atoms with Gasteiger partial charge in [0.25, 0.3) is 0 Å². The molecule has 0 bridgehead atoms. The first-order valence-corrected chi connectivity index (χ1v) is 9.98. The van der Waals surface area contributed by atoms with Gasteiger partial charge in [-0.05, 0) is 18.2 Å². The minimum atomic E-state index is -0.617. The van der Waals surface area contributed by atoms with Crippen molar-refractivity contribution in [1.82, 2.24) is 19.6 Å². The lowest BCUT2D eigenvalue weighted by molar-refractivity contribution is 0.202. The summed E-state index contributed by atoms with van der Waals surface area (Å²) < 4.78 is 21.5. The van der Waals surface area contributed by atoms with Crippen LogP contribution in [0.4, 0.5) is 4.39 Å². The van der Waals surface area contributed by atoms with Crippen LogP contribution >= 0.6 is 34.5 Å². The van der Waals surface area contributed by atoms with Crippen molar-refractivity contribution in [2.24, 2.45) is 5.73 Å². The number of halogens is 3. The van der Waals surface area contributed by atoms with E-state index in [1.165, 1.54) is 23.5 Å². The highest BCUT2D eigenvalue weighted by Crippen LogP contribution is 2.37. The molecule has 3 N–H and O–H groups in total. The lowest BCUT2D eigenvalue weighted by atomic mass is 10.2. The summed E-state index contributed by atoms with van der Waals surface area (Å²) in [5.74, 6) is -0.668. The number of benzene rings is 1. The first kappa shape index (κ1) is 20.0. The maximum Gasteiger partial charge on any atom is 0.168 e. The maximum atomic E-state index is 14.4. The van der Waals surface area contributed by atoms with E-state index in [-0.39, 0.29) is 24.0 Å². The fourth-order valence-electron chi connectivity index (χ4n) is 2.56. The number of aromatic nitrogens is 4. The van der Waals surface area contributed by atoms with E-state index >= 15 is 0 Å². The first-order valence-electron chi connectivity index (χ1n) is 8.41. The quantitative estimate of drug-likeness (QED) is 0.462. The SMILES string of the molecule is NC(CO)COc1cc(Cl)c(-c2nnc(-c3cn4cc(Cl)ccc4n3)s2)cc1F. The zero-order valence-corrected chi connectivity index (χ0v) is 17.0. The van der Waals surface area contributed by atoms with Gasteiger partial charge in [-0.25, -0.2) is 9.37 Å². The van der Waals surface area contributed by atoms with Gasteiger partial charge in [0.15, 0.2) is 16.6 Å². The minimum Gasteiger partial charge on any atom is -0.489 e. The Morgan fingerprint density at radius 3 is 2.79 bits per heavy atom. The summed E-state index contributed by atoms with van der Waals surface area (Å²) in [6.07, 6.45) is 3.53. The molecular formula is C18H14Cl2FN5O2S. The molecule has 1 atom stereocenters. The number of fused-ring (bicyclic) bond motifs is 1. The topological polar surface area (TPSA) is 98.6 Å². The summed E-state index contributed by atoms with van der Waals surface area (Å²) in [6.45, 7) is -0.305. The van der Waals surface area contributed by atoms with Crippen LogP contribution in [0.5, 0.6) is 5.75 Å². The molecule has 1 unspecified atom stereocenters. The molecule has 0 aliphatic heterocycles. The molecule has 0 saturated heterocycles. The molecule has 1 aromatic carbocycles. The summed E-state index contributed by atoms with van der Waals surface area (Å²) in [5.41, 5.74) is 7.28. The van der Waals surface area contributed by atoms with Crippen molar-refractivity contribution >= 4 is 40.2 Å². The Kier molecular flexibility index (Phi) is 5.66. The van der Waals surface area contributed by atoms with Gasteiger partial charge in [0.1, 0.15) is 23.0 Å². The van der Waals surface area contributed by atoms with Crippen LogP contribution in [0.25, 0.3) is 26.9 Å². The van der Waals surface area contributed by atoms with E-state index in [2.05, 4.69) is 15.2 Å². The number of aliphatic hydroxyl groups excluding tert-OH is 1. The van der Waals surface area contributed by atoms with Crippen LogP contribution in [0, 0.1) is 5.82 Å². The number of hydrogen-bond acceptors (Lipinski definition) is 7. The van der Waals surface area contributed by atoms with Gasteiger partial charge in [-0.15, -0.1) is 10.2 Å². The Morgan fingerprint density at radius 1 is 1.21 bits per heavy atom. The van der Waals surface area contributed by atoms with Gasteiger partial charge in [-0.3, -0.25) is 0 Å². The van der Waals surface area contributed by atoms with Gasteiger partial charge < -0.3 is 20.0 Å². The number of pyridine rings is 1. The first-order chi connectivity index (χ1) is 13.9. The van der Waals surface area contributed by atoms with E-state index in [1.807, 2.05) is 0 Å². The zero-order valence-electron chi connectivity index (χ0n) is 14.7. The molecule has 3 aromatic heterocycles. The summed E-state index contributed by atoms with van der Waals surface area (Å²) in [6, 6.07) is 5.51. The third kappa shape index (κ3) is 4.19. The molecule has 0 spiro atoms. The number of ether oxygens (including phenoxy) is 1. The number of aliphatic hydroxyl groups is 1. The molecule has 0 amide bonds. The second-order valence-corrected chi connectivity index (χ2v) is 7.99. The van der Waals surface area contributed by atoms with Crippen molar-refractivity contribution in [1.29, 1.82) is 0 Å². The lowest BCUT2D eigenvalue weighted by Crippen LogP contribution is -2.31. The van der Waals surface area contributed by atoms with Crippen molar-refractivity contribution in [3.05, 3.63) is 52.5 Å². The maximum absolute atomic E-state index is 14.4. The largest absolute Gasteiger partial charge is 0.489 e. The van der Waals surface area contributed by atoms with Crippen LogP contribution in [0.3, 0.4) is 0 Å². The summed E-state index contributed by atoms with van der Waals surface area (Å²) in [7, 11) is 0. The Morgan fingerprint density at radius 2 is 2.00 bits per heavy atom. The molecule has 29 heavy (non-hydrogen) atoms. The van der Waals surface area contributed by atoms with E-state index in [0.717, 1.165) is 0 Å². The van der Waals surface area contributed by atoms with Gasteiger partial charge in [0, 0.05) is 24.0 Å². The van der Waals surface area contributed by atoms with E-state index in [4.69, 9.17) is 38.8 Å². The standard InChI is InChI=1S/C18H14Cl2FN5O2S/c19-9-1-2-16-23-14(6-26(16)5-9)18-25-24-17(29-18)11-3-13(21)15(4-12(11)20)28-8-10(22)7-27/h1-6,10,27H,7-8,22H2. The predicted octanol–water partition coefficient (Wildman–Crippen LogP) is 3.66.